The maximum Gasteiger partial charge on any atom is 0.240 e. The van der Waals surface area contributed by atoms with Gasteiger partial charge in [0.25, 0.3) is 0 Å². The first-order valence-corrected chi connectivity index (χ1v) is 14.1. The number of nitrogens with zero attached hydrogens (tertiary/aromatic N) is 1. The van der Waals surface area contributed by atoms with Gasteiger partial charge in [-0.2, -0.15) is 0 Å². The van der Waals surface area contributed by atoms with E-state index >= 15 is 0 Å². The van der Waals surface area contributed by atoms with Crippen LogP contribution in [0, 0.1) is 13.8 Å². The number of nitrogens with one attached hydrogen (secondary N) is 2. The Hall–Kier alpha value is -3.20. The monoisotopic (exact) mass is 519 g/mol. The highest BCUT2D eigenvalue weighted by Gasteiger charge is 2.20. The van der Waals surface area contributed by atoms with Gasteiger partial charge in [-0.3, -0.25) is 4.79 Å². The molecule has 2 N–H and O–H groups in total. The number of aryl methyl sites for hydroxylation is 2. The SMILES string of the molecule is CCC(Sc1cc(C)c2cccc(C)c2n1)C(=O)Nc1ccc(S(=O)(=O)NCc2ccccc2)cc1. The lowest BCUT2D eigenvalue weighted by atomic mass is 10.1. The standard InChI is InChI=1S/C28H29N3O3S2/c1-4-25(35-26-17-20(3)24-12-8-9-19(2)27(24)31-26)28(32)30-22-13-15-23(16-14-22)36(33,34)29-18-21-10-6-5-7-11-21/h5-17,25,29H,4,18H2,1-3H3,(H,30,32). The third-order valence-corrected chi connectivity index (χ3v) is 8.59. The molecule has 0 saturated carbocycles. The Balaban J connectivity index is 1.42. The minimum Gasteiger partial charge on any atom is -0.325 e. The van der Waals surface area contributed by atoms with Gasteiger partial charge in [-0.1, -0.05) is 67.2 Å². The summed E-state index contributed by atoms with van der Waals surface area (Å²) in [6.07, 6.45) is 0.624. The molecule has 0 aliphatic heterocycles. The van der Waals surface area contributed by atoms with E-state index in [9.17, 15) is 13.2 Å². The lowest BCUT2D eigenvalue weighted by Crippen LogP contribution is -2.25. The van der Waals surface area contributed by atoms with Crippen LogP contribution in [0.15, 0.2) is 88.8 Å². The van der Waals surface area contributed by atoms with Crippen LogP contribution >= 0.6 is 11.8 Å². The number of para-hydroxylation sites is 1. The molecule has 1 heterocycles. The molecule has 6 nitrogen and oxygen atoms in total. The quantitative estimate of drug-likeness (QED) is 0.271. The number of carbonyl (C=O) groups is 1. The molecule has 1 amide bonds. The third-order valence-electron chi connectivity index (χ3n) is 5.89. The molecule has 1 unspecified atom stereocenters. The number of aromatic nitrogens is 1. The van der Waals surface area contributed by atoms with Crippen molar-refractivity contribution in [2.45, 2.75) is 48.9 Å². The largest absolute Gasteiger partial charge is 0.325 e. The van der Waals surface area contributed by atoms with Crippen LogP contribution in [0.25, 0.3) is 10.9 Å². The van der Waals surface area contributed by atoms with Crippen LogP contribution in [0.3, 0.4) is 0 Å². The molecular weight excluding hydrogens is 490 g/mol. The van der Waals surface area contributed by atoms with Crippen LogP contribution in [0.4, 0.5) is 5.69 Å². The van der Waals surface area contributed by atoms with Gasteiger partial charge < -0.3 is 5.32 Å². The summed E-state index contributed by atoms with van der Waals surface area (Å²) in [6.45, 7) is 6.26. The molecule has 0 spiro atoms. The number of carbonyl (C=O) groups excluding carboxylic acids is 1. The highest BCUT2D eigenvalue weighted by Crippen LogP contribution is 2.30. The number of pyridine rings is 1. The molecule has 1 aromatic heterocycles. The molecule has 0 saturated heterocycles. The Labute approximate surface area is 216 Å². The Kier molecular flexibility index (Phi) is 8.08. The van der Waals surface area contributed by atoms with E-state index in [2.05, 4.69) is 23.0 Å². The topological polar surface area (TPSA) is 88.2 Å². The van der Waals surface area contributed by atoms with Crippen molar-refractivity contribution in [1.29, 1.82) is 0 Å². The smallest absolute Gasteiger partial charge is 0.240 e. The number of sulfonamides is 1. The van der Waals surface area contributed by atoms with Crippen molar-refractivity contribution in [2.24, 2.45) is 0 Å². The number of amides is 1. The fourth-order valence-corrected chi connectivity index (χ4v) is 5.89. The van der Waals surface area contributed by atoms with E-state index in [0.717, 1.165) is 32.6 Å². The van der Waals surface area contributed by atoms with Crippen LogP contribution in [0.5, 0.6) is 0 Å². The van der Waals surface area contributed by atoms with Gasteiger partial charge in [0.05, 0.1) is 20.7 Å². The van der Waals surface area contributed by atoms with Crippen molar-refractivity contribution in [3.8, 4) is 0 Å². The fraction of sp³-hybridized carbons (Fsp3) is 0.214. The lowest BCUT2D eigenvalue weighted by Gasteiger charge is -2.16. The van der Waals surface area contributed by atoms with Gasteiger partial charge in [0.1, 0.15) is 0 Å². The van der Waals surface area contributed by atoms with Crippen molar-refractivity contribution in [3.05, 3.63) is 95.6 Å². The average molecular weight is 520 g/mol. The molecule has 0 aliphatic rings. The molecule has 0 aliphatic carbocycles. The van der Waals surface area contributed by atoms with E-state index in [0.29, 0.717) is 12.1 Å². The number of hydrogen-bond acceptors (Lipinski definition) is 5. The number of hydrogen-bond donors (Lipinski definition) is 2. The second-order valence-corrected chi connectivity index (χ2v) is 11.6. The molecule has 0 fully saturated rings. The Morgan fingerprint density at radius 2 is 1.67 bits per heavy atom. The molecular formula is C28H29N3O3S2. The third kappa shape index (κ3) is 6.13. The Morgan fingerprint density at radius 3 is 2.36 bits per heavy atom. The normalized spacial score (nSPS) is 12.4. The maximum absolute atomic E-state index is 13.0. The molecule has 0 bridgehead atoms. The molecule has 3 aromatic carbocycles. The zero-order valence-corrected chi connectivity index (χ0v) is 22.1. The first-order valence-electron chi connectivity index (χ1n) is 11.7. The summed E-state index contributed by atoms with van der Waals surface area (Å²) in [5, 5.41) is 4.49. The summed E-state index contributed by atoms with van der Waals surface area (Å²) in [5.41, 5.74) is 4.59. The minimum absolute atomic E-state index is 0.143. The zero-order valence-electron chi connectivity index (χ0n) is 20.5. The summed E-state index contributed by atoms with van der Waals surface area (Å²) < 4.78 is 27.9. The number of thioether (sulfide) groups is 1. The second kappa shape index (κ2) is 11.2. The first-order chi connectivity index (χ1) is 17.3. The van der Waals surface area contributed by atoms with Gasteiger partial charge in [0.15, 0.2) is 0 Å². The van der Waals surface area contributed by atoms with Crippen molar-refractivity contribution in [2.75, 3.05) is 5.32 Å². The molecule has 0 radical (unpaired) electrons. The van der Waals surface area contributed by atoms with Gasteiger partial charge in [0.2, 0.25) is 15.9 Å². The summed E-state index contributed by atoms with van der Waals surface area (Å²) in [7, 11) is -3.67. The van der Waals surface area contributed by atoms with E-state index < -0.39 is 10.0 Å². The molecule has 8 heteroatoms. The fourth-order valence-electron chi connectivity index (χ4n) is 3.86. The van der Waals surface area contributed by atoms with Crippen molar-refractivity contribution in [3.63, 3.8) is 0 Å². The van der Waals surface area contributed by atoms with Gasteiger partial charge >= 0.3 is 0 Å². The van der Waals surface area contributed by atoms with Gasteiger partial charge in [-0.15, -0.1) is 0 Å². The van der Waals surface area contributed by atoms with Crippen LogP contribution in [0.2, 0.25) is 0 Å². The van der Waals surface area contributed by atoms with E-state index in [1.54, 1.807) is 12.1 Å². The van der Waals surface area contributed by atoms with Crippen molar-refractivity contribution >= 4 is 44.3 Å². The molecule has 1 atom stereocenters. The molecule has 36 heavy (non-hydrogen) atoms. The Morgan fingerprint density at radius 1 is 0.944 bits per heavy atom. The molecule has 4 aromatic rings. The number of fused-ring (bicyclic) bond motifs is 1. The minimum atomic E-state index is -3.67. The van der Waals surface area contributed by atoms with E-state index in [1.165, 1.54) is 23.9 Å². The van der Waals surface area contributed by atoms with Crippen LogP contribution < -0.4 is 10.0 Å². The summed E-state index contributed by atoms with van der Waals surface area (Å²) in [4.78, 5) is 18.0. The van der Waals surface area contributed by atoms with Crippen molar-refractivity contribution < 1.29 is 13.2 Å². The molecule has 4 rings (SSSR count). The van der Waals surface area contributed by atoms with Crippen molar-refractivity contribution in [1.82, 2.24) is 9.71 Å². The number of rotatable bonds is 9. The van der Waals surface area contributed by atoms with E-state index in [4.69, 9.17) is 4.98 Å². The van der Waals surface area contributed by atoms with Gasteiger partial charge in [-0.25, -0.2) is 18.1 Å². The summed E-state index contributed by atoms with van der Waals surface area (Å²) >= 11 is 1.44. The molecule has 186 valence electrons. The predicted octanol–water partition coefficient (Wildman–Crippen LogP) is 5.84. The van der Waals surface area contributed by atoms with Gasteiger partial charge in [-0.05, 0) is 67.3 Å². The van der Waals surface area contributed by atoms with E-state index in [-0.39, 0.29) is 22.6 Å². The highest BCUT2D eigenvalue weighted by atomic mass is 32.2. The van der Waals surface area contributed by atoms with Crippen LogP contribution in [-0.4, -0.2) is 24.6 Å². The number of benzene rings is 3. The maximum atomic E-state index is 13.0. The number of anilines is 1. The second-order valence-electron chi connectivity index (χ2n) is 8.59. The van der Waals surface area contributed by atoms with Gasteiger partial charge in [0, 0.05) is 17.6 Å². The zero-order chi connectivity index (χ0) is 25.7. The van der Waals surface area contributed by atoms with Crippen LogP contribution in [0.1, 0.15) is 30.0 Å². The van der Waals surface area contributed by atoms with Crippen LogP contribution in [-0.2, 0) is 21.4 Å². The summed E-state index contributed by atoms with van der Waals surface area (Å²) in [5.74, 6) is -0.148. The Bertz CT molecular complexity index is 1470. The van der Waals surface area contributed by atoms with E-state index in [1.807, 2.05) is 62.4 Å². The predicted molar refractivity (Wildman–Crippen MR) is 147 cm³/mol. The highest BCUT2D eigenvalue weighted by molar-refractivity contribution is 8.00. The summed E-state index contributed by atoms with van der Waals surface area (Å²) in [6, 6.07) is 23.7. The first kappa shape index (κ1) is 25.9. The lowest BCUT2D eigenvalue weighted by molar-refractivity contribution is -0.115. The average Bonchev–Trinajstić information content (AvgIpc) is 2.88.